The van der Waals surface area contributed by atoms with E-state index in [-0.39, 0.29) is 23.0 Å². The number of benzene rings is 1. The molecule has 1 aromatic heterocycles. The Bertz CT molecular complexity index is 1060. The second-order valence-corrected chi connectivity index (χ2v) is 9.98. The van der Waals surface area contributed by atoms with Crippen molar-refractivity contribution in [3.05, 3.63) is 76.6 Å². The lowest BCUT2D eigenvalue weighted by Gasteiger charge is -2.22. The lowest BCUT2D eigenvalue weighted by Crippen LogP contribution is -2.19. The number of nitrogens with one attached hydrogen (secondary N) is 1. The largest absolute Gasteiger partial charge is 0.381 e. The smallest absolute Gasteiger partial charge is 0.186 e. The van der Waals surface area contributed by atoms with Crippen LogP contribution in [0, 0.1) is 0 Å². The van der Waals surface area contributed by atoms with Gasteiger partial charge in [-0.25, -0.2) is 0 Å². The van der Waals surface area contributed by atoms with E-state index in [1.54, 1.807) is 37.5 Å². The first-order chi connectivity index (χ1) is 15.4. The lowest BCUT2D eigenvalue weighted by atomic mass is 9.82. The fraction of sp³-hybridized carbons (Fsp3) is 0.393. The number of halogens is 1. The molecule has 0 aliphatic heterocycles. The van der Waals surface area contributed by atoms with E-state index in [1.807, 2.05) is 19.1 Å². The van der Waals surface area contributed by atoms with Crippen LogP contribution in [-0.4, -0.2) is 22.6 Å². The zero-order valence-electron chi connectivity index (χ0n) is 20.6. The maximum absolute atomic E-state index is 13.1. The van der Waals surface area contributed by atoms with Gasteiger partial charge in [-0.3, -0.25) is 14.6 Å². The zero-order chi connectivity index (χ0) is 24.8. The first kappa shape index (κ1) is 26.5. The average Bonchev–Trinajstić information content (AvgIpc) is 2.75. The van der Waals surface area contributed by atoms with Crippen LogP contribution in [0.2, 0.25) is 5.02 Å². The highest BCUT2D eigenvalue weighted by molar-refractivity contribution is 6.30. The summed E-state index contributed by atoms with van der Waals surface area (Å²) in [5.74, 6) is -0.0177. The van der Waals surface area contributed by atoms with Crippen LogP contribution in [0.1, 0.15) is 82.3 Å². The highest BCUT2D eigenvalue weighted by Crippen LogP contribution is 2.30. The van der Waals surface area contributed by atoms with Crippen molar-refractivity contribution >= 4 is 34.4 Å². The van der Waals surface area contributed by atoms with Crippen molar-refractivity contribution in [3.63, 3.8) is 0 Å². The van der Waals surface area contributed by atoms with Crippen molar-refractivity contribution in [2.24, 2.45) is 0 Å². The number of pyridine rings is 1. The summed E-state index contributed by atoms with van der Waals surface area (Å²) in [6, 6.07) is 7.63. The number of carbonyl (C=O) groups is 2. The summed E-state index contributed by atoms with van der Waals surface area (Å²) in [5.41, 5.74) is 4.63. The van der Waals surface area contributed by atoms with E-state index in [9.17, 15) is 9.59 Å². The van der Waals surface area contributed by atoms with Crippen LogP contribution in [0.3, 0.4) is 0 Å². The molecule has 1 heterocycles. The van der Waals surface area contributed by atoms with Gasteiger partial charge in [0.2, 0.25) is 0 Å². The monoisotopic (exact) mass is 466 g/mol. The van der Waals surface area contributed by atoms with Crippen molar-refractivity contribution < 1.29 is 9.59 Å². The Hall–Kier alpha value is -2.72. The molecule has 1 N–H and O–H groups in total. The Morgan fingerprint density at radius 1 is 1.18 bits per heavy atom. The summed E-state index contributed by atoms with van der Waals surface area (Å²) in [7, 11) is 0. The quantitative estimate of drug-likeness (QED) is 0.292. The molecule has 0 amide bonds. The molecule has 0 aliphatic carbocycles. The Balaban J connectivity index is 2.22. The molecule has 5 heteroatoms. The van der Waals surface area contributed by atoms with Gasteiger partial charge in [0.15, 0.2) is 11.6 Å². The summed E-state index contributed by atoms with van der Waals surface area (Å²) in [6.45, 7) is 15.6. The van der Waals surface area contributed by atoms with Crippen LogP contribution in [0.5, 0.6) is 0 Å². The molecule has 33 heavy (non-hydrogen) atoms. The van der Waals surface area contributed by atoms with Gasteiger partial charge in [-0.05, 0) is 91.1 Å². The van der Waals surface area contributed by atoms with Crippen molar-refractivity contribution in [1.82, 2.24) is 4.98 Å². The molecule has 176 valence electrons. The molecular weight excluding hydrogens is 432 g/mol. The Morgan fingerprint density at radius 3 is 2.48 bits per heavy atom. The van der Waals surface area contributed by atoms with E-state index >= 15 is 0 Å². The maximum atomic E-state index is 13.1. The van der Waals surface area contributed by atoms with Gasteiger partial charge in [-0.15, -0.1) is 0 Å². The van der Waals surface area contributed by atoms with Crippen LogP contribution in [0.15, 0.2) is 54.9 Å². The standard InChI is InChI=1S/C28H35ClN2O2/c1-8-23(11-9-18(2)20(4)32)31-24-14-21(16-30-17-24)19(3)13-27(33)25-12-10-22(29)15-26(25)28(5,6)7/h10,12-17,23,31H,2,8-9,11H2,1,3-7H3/b19-13+. The number of allylic oxidation sites excluding steroid dienone is 3. The molecule has 1 unspecified atom stereocenters. The highest BCUT2D eigenvalue weighted by Gasteiger charge is 2.21. The van der Waals surface area contributed by atoms with Gasteiger partial charge in [-0.2, -0.15) is 0 Å². The summed E-state index contributed by atoms with van der Waals surface area (Å²) < 4.78 is 0. The minimum atomic E-state index is -0.202. The van der Waals surface area contributed by atoms with Crippen LogP contribution in [0.4, 0.5) is 5.69 Å². The SMILES string of the molecule is C=C(CCC(CC)Nc1cncc(/C(C)=C/C(=O)c2ccc(Cl)cc2C(C)(C)C)c1)C(C)=O. The molecule has 0 saturated carbocycles. The summed E-state index contributed by atoms with van der Waals surface area (Å²) >= 11 is 6.19. The molecule has 0 spiro atoms. The van der Waals surface area contributed by atoms with Crippen LogP contribution < -0.4 is 5.32 Å². The van der Waals surface area contributed by atoms with Crippen molar-refractivity contribution in [1.29, 1.82) is 0 Å². The van der Waals surface area contributed by atoms with Crippen LogP contribution >= 0.6 is 11.6 Å². The second kappa shape index (κ2) is 11.4. The number of hydrogen-bond donors (Lipinski definition) is 1. The van der Waals surface area contributed by atoms with Gasteiger partial charge in [0.05, 0.1) is 5.69 Å². The molecule has 2 aromatic rings. The van der Waals surface area contributed by atoms with E-state index < -0.39 is 0 Å². The van der Waals surface area contributed by atoms with Gasteiger partial charge >= 0.3 is 0 Å². The first-order valence-electron chi connectivity index (χ1n) is 11.4. The van der Waals surface area contributed by atoms with E-state index in [1.165, 1.54) is 0 Å². The molecule has 1 atom stereocenters. The minimum absolute atomic E-state index is 0.0363. The fourth-order valence-electron chi connectivity index (χ4n) is 3.58. The zero-order valence-corrected chi connectivity index (χ0v) is 21.3. The summed E-state index contributed by atoms with van der Waals surface area (Å²) in [6.07, 6.45) is 7.59. The fourth-order valence-corrected chi connectivity index (χ4v) is 3.75. The van der Waals surface area contributed by atoms with Crippen molar-refractivity contribution in [2.45, 2.75) is 72.3 Å². The molecule has 0 radical (unpaired) electrons. The van der Waals surface area contributed by atoms with Crippen LogP contribution in [-0.2, 0) is 10.2 Å². The van der Waals surface area contributed by atoms with Gasteiger partial charge in [0.1, 0.15) is 0 Å². The van der Waals surface area contributed by atoms with E-state index in [0.717, 1.165) is 35.2 Å². The second-order valence-electron chi connectivity index (χ2n) is 9.54. The molecule has 4 nitrogen and oxygen atoms in total. The molecule has 0 saturated heterocycles. The maximum Gasteiger partial charge on any atom is 0.186 e. The molecule has 1 aromatic carbocycles. The predicted molar refractivity (Wildman–Crippen MR) is 139 cm³/mol. The number of nitrogens with zero attached hydrogens (tertiary/aromatic N) is 1. The summed E-state index contributed by atoms with van der Waals surface area (Å²) in [4.78, 5) is 28.9. The predicted octanol–water partition coefficient (Wildman–Crippen LogP) is 7.43. The first-order valence-corrected chi connectivity index (χ1v) is 11.7. The molecule has 0 bridgehead atoms. The number of anilines is 1. The number of Topliss-reactive ketones (excluding diaryl/α,β-unsaturated/α-hetero) is 1. The average molecular weight is 467 g/mol. The highest BCUT2D eigenvalue weighted by atomic mass is 35.5. The third-order valence-corrected chi connectivity index (χ3v) is 5.99. The number of carbonyl (C=O) groups excluding carboxylic acids is 2. The third-order valence-electron chi connectivity index (χ3n) is 5.75. The molecular formula is C28H35ClN2O2. The third kappa shape index (κ3) is 7.68. The number of ketones is 2. The van der Waals surface area contributed by atoms with Gasteiger partial charge in [-0.1, -0.05) is 45.9 Å². The van der Waals surface area contributed by atoms with E-state index in [0.29, 0.717) is 22.6 Å². The molecule has 2 rings (SSSR count). The number of rotatable bonds is 10. The topological polar surface area (TPSA) is 59.1 Å². The summed E-state index contributed by atoms with van der Waals surface area (Å²) in [5, 5.41) is 4.12. The Kier molecular flexibility index (Phi) is 9.18. The van der Waals surface area contributed by atoms with E-state index in [4.69, 9.17) is 11.6 Å². The van der Waals surface area contributed by atoms with Gasteiger partial charge < -0.3 is 5.32 Å². The Labute approximate surface area is 203 Å². The van der Waals surface area contributed by atoms with Crippen molar-refractivity contribution in [2.75, 3.05) is 5.32 Å². The molecule has 0 fully saturated rings. The Morgan fingerprint density at radius 2 is 1.88 bits per heavy atom. The normalized spacial score (nSPS) is 12.9. The van der Waals surface area contributed by atoms with Crippen molar-refractivity contribution in [3.8, 4) is 0 Å². The lowest BCUT2D eigenvalue weighted by molar-refractivity contribution is -0.113. The van der Waals surface area contributed by atoms with Gasteiger partial charge in [0, 0.05) is 29.0 Å². The number of aromatic nitrogens is 1. The van der Waals surface area contributed by atoms with E-state index in [2.05, 4.69) is 44.6 Å². The molecule has 0 aliphatic rings. The van der Waals surface area contributed by atoms with Gasteiger partial charge in [0.25, 0.3) is 0 Å². The minimum Gasteiger partial charge on any atom is -0.381 e. The van der Waals surface area contributed by atoms with Crippen LogP contribution in [0.25, 0.3) is 5.57 Å². The number of hydrogen-bond acceptors (Lipinski definition) is 4.